The van der Waals surface area contributed by atoms with Crippen molar-refractivity contribution in [1.29, 1.82) is 0 Å². The summed E-state index contributed by atoms with van der Waals surface area (Å²) in [6, 6.07) is 10.2. The lowest BCUT2D eigenvalue weighted by Gasteiger charge is -2.18. The van der Waals surface area contributed by atoms with Crippen LogP contribution >= 0.6 is 15.9 Å². The van der Waals surface area contributed by atoms with Gasteiger partial charge >= 0.3 is 0 Å². The van der Waals surface area contributed by atoms with E-state index in [9.17, 15) is 4.39 Å². The highest BCUT2D eigenvalue weighted by molar-refractivity contribution is 9.10. The van der Waals surface area contributed by atoms with Crippen molar-refractivity contribution in [2.24, 2.45) is 0 Å². The Balaban J connectivity index is 2.23. The van der Waals surface area contributed by atoms with Crippen molar-refractivity contribution in [2.75, 3.05) is 19.5 Å². The zero-order valence-electron chi connectivity index (χ0n) is 12.1. The van der Waals surface area contributed by atoms with Gasteiger partial charge in [0, 0.05) is 21.8 Å². The van der Waals surface area contributed by atoms with Crippen LogP contribution in [0.5, 0.6) is 11.5 Å². The number of benzene rings is 2. The first-order chi connectivity index (χ1) is 10.0. The van der Waals surface area contributed by atoms with Gasteiger partial charge in [0.1, 0.15) is 5.82 Å². The SMILES string of the molecule is COc1ccc(NC(C)c2cc(Br)ccc2F)cc1OC. The van der Waals surface area contributed by atoms with Crippen LogP contribution < -0.4 is 14.8 Å². The van der Waals surface area contributed by atoms with E-state index >= 15 is 0 Å². The molecule has 2 rings (SSSR count). The fraction of sp³-hybridized carbons (Fsp3) is 0.250. The number of hydrogen-bond acceptors (Lipinski definition) is 3. The molecule has 0 amide bonds. The summed E-state index contributed by atoms with van der Waals surface area (Å²) in [4.78, 5) is 0. The van der Waals surface area contributed by atoms with Gasteiger partial charge in [0.2, 0.25) is 0 Å². The Labute approximate surface area is 132 Å². The van der Waals surface area contributed by atoms with Crippen LogP contribution in [0, 0.1) is 5.82 Å². The molecule has 2 aromatic carbocycles. The van der Waals surface area contributed by atoms with E-state index in [1.807, 2.05) is 25.1 Å². The standard InChI is InChI=1S/C16H17BrFNO2/c1-10(13-8-11(17)4-6-14(13)18)19-12-5-7-15(20-2)16(9-12)21-3/h4-10,19H,1-3H3. The highest BCUT2D eigenvalue weighted by Gasteiger charge is 2.12. The van der Waals surface area contributed by atoms with Gasteiger partial charge in [0.25, 0.3) is 0 Å². The minimum Gasteiger partial charge on any atom is -0.493 e. The molecule has 0 spiro atoms. The quantitative estimate of drug-likeness (QED) is 0.838. The summed E-state index contributed by atoms with van der Waals surface area (Å²) in [6.45, 7) is 1.90. The van der Waals surface area contributed by atoms with Gasteiger partial charge < -0.3 is 14.8 Å². The third-order valence-electron chi connectivity index (χ3n) is 3.19. The average molecular weight is 354 g/mol. The molecule has 0 bridgehead atoms. The van der Waals surface area contributed by atoms with Crippen molar-refractivity contribution in [2.45, 2.75) is 13.0 Å². The van der Waals surface area contributed by atoms with Crippen LogP contribution in [0.15, 0.2) is 40.9 Å². The van der Waals surface area contributed by atoms with Gasteiger partial charge in [0.05, 0.1) is 20.3 Å². The molecule has 2 aromatic rings. The van der Waals surface area contributed by atoms with Crippen molar-refractivity contribution in [1.82, 2.24) is 0 Å². The van der Waals surface area contributed by atoms with Crippen LogP contribution in [-0.2, 0) is 0 Å². The molecule has 0 heterocycles. The maximum absolute atomic E-state index is 13.9. The average Bonchev–Trinajstić information content (AvgIpc) is 2.49. The Hall–Kier alpha value is -1.75. The molecule has 5 heteroatoms. The van der Waals surface area contributed by atoms with Gasteiger partial charge in [-0.05, 0) is 37.3 Å². The third-order valence-corrected chi connectivity index (χ3v) is 3.68. The minimum absolute atomic E-state index is 0.180. The molecule has 0 aliphatic heterocycles. The maximum Gasteiger partial charge on any atom is 0.162 e. The Morgan fingerprint density at radius 3 is 2.43 bits per heavy atom. The monoisotopic (exact) mass is 353 g/mol. The number of nitrogens with one attached hydrogen (secondary N) is 1. The lowest BCUT2D eigenvalue weighted by atomic mass is 10.1. The van der Waals surface area contributed by atoms with Crippen molar-refractivity contribution in [3.8, 4) is 11.5 Å². The van der Waals surface area contributed by atoms with E-state index in [-0.39, 0.29) is 11.9 Å². The summed E-state index contributed by atoms with van der Waals surface area (Å²) >= 11 is 3.36. The second kappa shape index (κ2) is 6.80. The summed E-state index contributed by atoms with van der Waals surface area (Å²) in [5, 5.41) is 3.26. The molecule has 1 atom stereocenters. The van der Waals surface area contributed by atoms with Crippen LogP contribution in [0.1, 0.15) is 18.5 Å². The van der Waals surface area contributed by atoms with Gasteiger partial charge in [-0.15, -0.1) is 0 Å². The molecule has 0 fully saturated rings. The van der Waals surface area contributed by atoms with E-state index in [2.05, 4.69) is 21.2 Å². The van der Waals surface area contributed by atoms with Crippen LogP contribution in [0.3, 0.4) is 0 Å². The van der Waals surface area contributed by atoms with Crippen molar-refractivity contribution < 1.29 is 13.9 Å². The topological polar surface area (TPSA) is 30.5 Å². The summed E-state index contributed by atoms with van der Waals surface area (Å²) in [6.07, 6.45) is 0. The molecule has 0 saturated carbocycles. The number of halogens is 2. The van der Waals surface area contributed by atoms with E-state index in [1.54, 1.807) is 26.4 Å². The normalized spacial score (nSPS) is 11.9. The molecule has 0 aliphatic carbocycles. The molecular formula is C16H17BrFNO2. The third kappa shape index (κ3) is 3.67. The first-order valence-electron chi connectivity index (χ1n) is 6.48. The van der Waals surface area contributed by atoms with E-state index in [0.717, 1.165) is 10.2 Å². The van der Waals surface area contributed by atoms with Crippen molar-refractivity contribution >= 4 is 21.6 Å². The molecule has 0 radical (unpaired) electrons. The number of hydrogen-bond donors (Lipinski definition) is 1. The highest BCUT2D eigenvalue weighted by atomic mass is 79.9. The largest absolute Gasteiger partial charge is 0.493 e. The Kier molecular flexibility index (Phi) is 5.07. The van der Waals surface area contributed by atoms with E-state index < -0.39 is 0 Å². The summed E-state index contributed by atoms with van der Waals surface area (Å²) in [7, 11) is 3.17. The zero-order chi connectivity index (χ0) is 15.4. The summed E-state index contributed by atoms with van der Waals surface area (Å²) in [5.74, 6) is 1.05. The Morgan fingerprint density at radius 1 is 1.05 bits per heavy atom. The second-order valence-electron chi connectivity index (χ2n) is 4.60. The molecule has 0 aromatic heterocycles. The Morgan fingerprint density at radius 2 is 1.76 bits per heavy atom. The first kappa shape index (κ1) is 15.6. The fourth-order valence-electron chi connectivity index (χ4n) is 2.10. The molecule has 1 unspecified atom stereocenters. The van der Waals surface area contributed by atoms with E-state index in [4.69, 9.17) is 9.47 Å². The number of rotatable bonds is 5. The zero-order valence-corrected chi connectivity index (χ0v) is 13.7. The van der Waals surface area contributed by atoms with E-state index in [1.165, 1.54) is 6.07 Å². The molecule has 112 valence electrons. The van der Waals surface area contributed by atoms with Gasteiger partial charge in [-0.25, -0.2) is 4.39 Å². The lowest BCUT2D eigenvalue weighted by molar-refractivity contribution is 0.355. The predicted molar refractivity (Wildman–Crippen MR) is 85.7 cm³/mol. The highest BCUT2D eigenvalue weighted by Crippen LogP contribution is 2.32. The second-order valence-corrected chi connectivity index (χ2v) is 5.52. The summed E-state index contributed by atoms with van der Waals surface area (Å²) < 4.78 is 25.2. The van der Waals surface area contributed by atoms with Gasteiger partial charge in [-0.2, -0.15) is 0 Å². The molecular weight excluding hydrogens is 337 g/mol. The Bertz CT molecular complexity index is 634. The molecule has 0 aliphatic rings. The first-order valence-corrected chi connectivity index (χ1v) is 7.28. The van der Waals surface area contributed by atoms with Crippen LogP contribution in [-0.4, -0.2) is 14.2 Å². The van der Waals surface area contributed by atoms with Crippen molar-refractivity contribution in [3.63, 3.8) is 0 Å². The van der Waals surface area contributed by atoms with Crippen LogP contribution in [0.2, 0.25) is 0 Å². The van der Waals surface area contributed by atoms with Crippen LogP contribution in [0.25, 0.3) is 0 Å². The smallest absolute Gasteiger partial charge is 0.162 e. The number of anilines is 1. The number of ether oxygens (including phenoxy) is 2. The summed E-state index contributed by atoms with van der Waals surface area (Å²) in [5.41, 5.74) is 1.43. The molecule has 21 heavy (non-hydrogen) atoms. The van der Waals surface area contributed by atoms with Gasteiger partial charge in [0.15, 0.2) is 11.5 Å². The van der Waals surface area contributed by atoms with Crippen molar-refractivity contribution in [3.05, 3.63) is 52.3 Å². The molecule has 3 nitrogen and oxygen atoms in total. The fourth-order valence-corrected chi connectivity index (χ4v) is 2.48. The molecule has 1 N–H and O–H groups in total. The van der Waals surface area contributed by atoms with Gasteiger partial charge in [-0.1, -0.05) is 15.9 Å². The molecule has 0 saturated heterocycles. The minimum atomic E-state index is -0.237. The van der Waals surface area contributed by atoms with Crippen LogP contribution in [0.4, 0.5) is 10.1 Å². The predicted octanol–water partition coefficient (Wildman–Crippen LogP) is 4.78. The lowest BCUT2D eigenvalue weighted by Crippen LogP contribution is -2.09. The number of methoxy groups -OCH3 is 2. The van der Waals surface area contributed by atoms with E-state index in [0.29, 0.717) is 17.1 Å². The maximum atomic E-state index is 13.9. The van der Waals surface area contributed by atoms with Gasteiger partial charge in [-0.3, -0.25) is 0 Å².